The fourth-order valence-electron chi connectivity index (χ4n) is 1.86. The lowest BCUT2D eigenvalue weighted by molar-refractivity contribution is 0.363. The maximum absolute atomic E-state index is 5.45. The summed E-state index contributed by atoms with van der Waals surface area (Å²) >= 11 is 0. The van der Waals surface area contributed by atoms with E-state index in [1.807, 2.05) is 26.0 Å². The van der Waals surface area contributed by atoms with Crippen molar-refractivity contribution in [2.45, 2.75) is 20.4 Å². The fourth-order valence-corrected chi connectivity index (χ4v) is 1.86. The number of H-pyrrole nitrogens is 1. The molecule has 0 spiro atoms. The molecule has 19 heavy (non-hydrogen) atoms. The van der Waals surface area contributed by atoms with E-state index in [0.29, 0.717) is 6.61 Å². The zero-order valence-electron chi connectivity index (χ0n) is 11.4. The summed E-state index contributed by atoms with van der Waals surface area (Å²) in [6.07, 6.45) is 1.74. The van der Waals surface area contributed by atoms with Crippen LogP contribution in [0.25, 0.3) is 0 Å². The van der Waals surface area contributed by atoms with E-state index in [1.54, 1.807) is 6.08 Å². The van der Waals surface area contributed by atoms with Crippen LogP contribution in [0.3, 0.4) is 0 Å². The van der Waals surface area contributed by atoms with Crippen LogP contribution in [-0.4, -0.2) is 16.8 Å². The number of rotatable bonds is 6. The molecule has 2 aromatic rings. The summed E-state index contributed by atoms with van der Waals surface area (Å²) in [5.41, 5.74) is 4.32. The lowest BCUT2D eigenvalue weighted by Gasteiger charge is -2.08. The Kier molecular flexibility index (Phi) is 4.23. The molecule has 0 aliphatic rings. The van der Waals surface area contributed by atoms with Gasteiger partial charge in [0.15, 0.2) is 0 Å². The van der Waals surface area contributed by atoms with E-state index in [9.17, 15) is 0 Å². The molecule has 1 heterocycles. The predicted molar refractivity (Wildman–Crippen MR) is 77.5 cm³/mol. The molecular formula is C15H19N3O. The second-order valence-electron chi connectivity index (χ2n) is 4.41. The molecule has 2 N–H and O–H groups in total. The monoisotopic (exact) mass is 257 g/mol. The molecule has 1 aromatic heterocycles. The van der Waals surface area contributed by atoms with Gasteiger partial charge in [0.1, 0.15) is 12.4 Å². The first-order valence-electron chi connectivity index (χ1n) is 6.28. The van der Waals surface area contributed by atoms with E-state index < -0.39 is 0 Å². The highest BCUT2D eigenvalue weighted by Crippen LogP contribution is 2.18. The normalized spacial score (nSPS) is 10.2. The van der Waals surface area contributed by atoms with Crippen LogP contribution in [0.2, 0.25) is 0 Å². The van der Waals surface area contributed by atoms with Gasteiger partial charge in [0.05, 0.1) is 17.1 Å². The Hall–Kier alpha value is -2.23. The molecule has 4 nitrogen and oxygen atoms in total. The average molecular weight is 257 g/mol. The highest BCUT2D eigenvalue weighted by molar-refractivity contribution is 5.51. The molecule has 0 radical (unpaired) electrons. The van der Waals surface area contributed by atoms with Gasteiger partial charge in [0.2, 0.25) is 0 Å². The Morgan fingerprint density at radius 2 is 2.05 bits per heavy atom. The van der Waals surface area contributed by atoms with Gasteiger partial charge < -0.3 is 10.1 Å². The quantitative estimate of drug-likeness (QED) is 0.781. The summed E-state index contributed by atoms with van der Waals surface area (Å²) in [6.45, 7) is 8.92. The van der Waals surface area contributed by atoms with E-state index in [2.05, 4.69) is 34.2 Å². The summed E-state index contributed by atoms with van der Waals surface area (Å²) in [4.78, 5) is 0. The first kappa shape index (κ1) is 13.2. The standard InChI is InChI=1S/C15H19N3O/c1-4-9-19-14-7-5-13(6-8-14)10-16-15-11(2)17-18-12(15)3/h4-8,16H,1,9-10H2,2-3H3,(H,17,18). The molecule has 0 aliphatic heterocycles. The topological polar surface area (TPSA) is 49.9 Å². The van der Waals surface area contributed by atoms with Gasteiger partial charge in [-0.25, -0.2) is 0 Å². The van der Waals surface area contributed by atoms with Gasteiger partial charge in [-0.1, -0.05) is 24.8 Å². The number of hydrogen-bond acceptors (Lipinski definition) is 3. The molecular weight excluding hydrogens is 238 g/mol. The minimum atomic E-state index is 0.533. The minimum absolute atomic E-state index is 0.533. The molecule has 100 valence electrons. The summed E-state index contributed by atoms with van der Waals surface area (Å²) in [5.74, 6) is 0.860. The van der Waals surface area contributed by atoms with Crippen LogP contribution < -0.4 is 10.1 Å². The second-order valence-corrected chi connectivity index (χ2v) is 4.41. The summed E-state index contributed by atoms with van der Waals surface area (Å²) < 4.78 is 5.45. The number of aromatic nitrogens is 2. The molecule has 0 saturated heterocycles. The van der Waals surface area contributed by atoms with Crippen LogP contribution in [0.15, 0.2) is 36.9 Å². The Balaban J connectivity index is 1.95. The van der Waals surface area contributed by atoms with Gasteiger partial charge in [0.25, 0.3) is 0 Å². The third kappa shape index (κ3) is 3.37. The van der Waals surface area contributed by atoms with Gasteiger partial charge in [0, 0.05) is 6.54 Å². The van der Waals surface area contributed by atoms with Gasteiger partial charge >= 0.3 is 0 Å². The van der Waals surface area contributed by atoms with Crippen molar-refractivity contribution in [3.8, 4) is 5.75 Å². The first-order chi connectivity index (χ1) is 9.20. The van der Waals surface area contributed by atoms with Crippen LogP contribution in [0.5, 0.6) is 5.75 Å². The number of anilines is 1. The third-order valence-electron chi connectivity index (χ3n) is 2.89. The summed E-state index contributed by atoms with van der Waals surface area (Å²) in [7, 11) is 0. The molecule has 0 atom stereocenters. The number of ether oxygens (including phenoxy) is 1. The number of nitrogens with one attached hydrogen (secondary N) is 2. The van der Waals surface area contributed by atoms with Gasteiger partial charge in [-0.15, -0.1) is 0 Å². The molecule has 0 amide bonds. The number of aromatic amines is 1. The van der Waals surface area contributed by atoms with Gasteiger partial charge in [-0.05, 0) is 31.5 Å². The molecule has 0 bridgehead atoms. The molecule has 0 unspecified atom stereocenters. The number of nitrogens with zero attached hydrogens (tertiary/aromatic N) is 1. The maximum atomic E-state index is 5.45. The van der Waals surface area contributed by atoms with Crippen molar-refractivity contribution in [2.24, 2.45) is 0 Å². The van der Waals surface area contributed by atoms with E-state index in [0.717, 1.165) is 29.4 Å². The van der Waals surface area contributed by atoms with E-state index in [-0.39, 0.29) is 0 Å². The average Bonchev–Trinajstić information content (AvgIpc) is 2.75. The number of hydrogen-bond donors (Lipinski definition) is 2. The highest BCUT2D eigenvalue weighted by atomic mass is 16.5. The smallest absolute Gasteiger partial charge is 0.119 e. The molecule has 1 aromatic carbocycles. The Labute approximate surface area is 113 Å². The van der Waals surface area contributed by atoms with Crippen LogP contribution in [0.1, 0.15) is 17.0 Å². The van der Waals surface area contributed by atoms with Crippen molar-refractivity contribution in [1.82, 2.24) is 10.2 Å². The van der Waals surface area contributed by atoms with Crippen molar-refractivity contribution in [2.75, 3.05) is 11.9 Å². The highest BCUT2D eigenvalue weighted by Gasteiger charge is 2.05. The molecule has 2 rings (SSSR count). The van der Waals surface area contributed by atoms with Crippen LogP contribution >= 0.6 is 0 Å². The van der Waals surface area contributed by atoms with E-state index >= 15 is 0 Å². The third-order valence-corrected chi connectivity index (χ3v) is 2.89. The Morgan fingerprint density at radius 3 is 2.63 bits per heavy atom. The Bertz CT molecular complexity index is 524. The first-order valence-corrected chi connectivity index (χ1v) is 6.28. The number of benzene rings is 1. The van der Waals surface area contributed by atoms with Crippen molar-refractivity contribution in [3.05, 3.63) is 53.9 Å². The lowest BCUT2D eigenvalue weighted by atomic mass is 10.2. The largest absolute Gasteiger partial charge is 0.490 e. The molecule has 0 saturated carbocycles. The molecule has 0 fully saturated rings. The zero-order valence-corrected chi connectivity index (χ0v) is 11.4. The van der Waals surface area contributed by atoms with E-state index in [4.69, 9.17) is 4.74 Å². The molecule has 4 heteroatoms. The second kappa shape index (κ2) is 6.09. The van der Waals surface area contributed by atoms with Crippen molar-refractivity contribution >= 4 is 5.69 Å². The van der Waals surface area contributed by atoms with Crippen LogP contribution in [-0.2, 0) is 6.54 Å². The minimum Gasteiger partial charge on any atom is -0.490 e. The molecule has 0 aliphatic carbocycles. The van der Waals surface area contributed by atoms with Crippen molar-refractivity contribution in [1.29, 1.82) is 0 Å². The van der Waals surface area contributed by atoms with Crippen molar-refractivity contribution < 1.29 is 4.74 Å². The van der Waals surface area contributed by atoms with Gasteiger partial charge in [-0.2, -0.15) is 5.10 Å². The summed E-state index contributed by atoms with van der Waals surface area (Å²) in [6, 6.07) is 8.04. The Morgan fingerprint density at radius 1 is 1.32 bits per heavy atom. The SMILES string of the molecule is C=CCOc1ccc(CNc2c(C)n[nH]c2C)cc1. The van der Waals surface area contributed by atoms with Crippen LogP contribution in [0, 0.1) is 13.8 Å². The zero-order chi connectivity index (χ0) is 13.7. The number of aryl methyl sites for hydroxylation is 2. The van der Waals surface area contributed by atoms with Crippen LogP contribution in [0.4, 0.5) is 5.69 Å². The van der Waals surface area contributed by atoms with Gasteiger partial charge in [-0.3, -0.25) is 5.10 Å². The summed E-state index contributed by atoms with van der Waals surface area (Å²) in [5, 5.41) is 10.5. The predicted octanol–water partition coefficient (Wildman–Crippen LogP) is 3.20. The van der Waals surface area contributed by atoms with E-state index in [1.165, 1.54) is 5.56 Å². The lowest BCUT2D eigenvalue weighted by Crippen LogP contribution is -2.01. The fraction of sp³-hybridized carbons (Fsp3) is 0.267. The maximum Gasteiger partial charge on any atom is 0.119 e. The van der Waals surface area contributed by atoms with Crippen molar-refractivity contribution in [3.63, 3.8) is 0 Å².